The van der Waals surface area contributed by atoms with Crippen LogP contribution in [-0.4, -0.2) is 35.8 Å². The Morgan fingerprint density at radius 1 is 1.04 bits per heavy atom. The first-order chi connectivity index (χ1) is 13.6. The van der Waals surface area contributed by atoms with Crippen molar-refractivity contribution in [3.05, 3.63) is 65.5 Å². The lowest BCUT2D eigenvalue weighted by Crippen LogP contribution is -2.21. The fourth-order valence-electron chi connectivity index (χ4n) is 2.60. The fraction of sp³-hybridized carbons (Fsp3) is 0.158. The standard InChI is InChI=1S/C19H15N3O6/c1-25-18(24)12-8-6-11(7-9-12)16(23)20-19-22-21-17(28-19)15-10-26-13-4-2-3-5-14(13)27-15/h2-9,15H,10H2,1H3,(H,20,22,23)/t15-/m1/s1. The van der Waals surface area contributed by atoms with Crippen molar-refractivity contribution in [2.24, 2.45) is 0 Å². The third-order valence-electron chi connectivity index (χ3n) is 4.01. The molecule has 0 saturated carbocycles. The number of anilines is 1. The lowest BCUT2D eigenvalue weighted by atomic mass is 10.1. The number of fused-ring (bicyclic) bond motifs is 1. The van der Waals surface area contributed by atoms with Gasteiger partial charge in [-0.2, -0.15) is 0 Å². The second-order valence-corrected chi connectivity index (χ2v) is 5.83. The van der Waals surface area contributed by atoms with E-state index in [9.17, 15) is 9.59 Å². The molecule has 28 heavy (non-hydrogen) atoms. The first kappa shape index (κ1) is 17.5. The number of benzene rings is 2. The highest BCUT2D eigenvalue weighted by molar-refractivity contribution is 6.03. The highest BCUT2D eigenvalue weighted by Crippen LogP contribution is 2.35. The lowest BCUT2D eigenvalue weighted by Gasteiger charge is -2.23. The third-order valence-corrected chi connectivity index (χ3v) is 4.01. The molecule has 9 nitrogen and oxygen atoms in total. The SMILES string of the molecule is COC(=O)c1ccc(C(=O)Nc2nnc([C@H]3COc4ccccc4O3)o2)cc1. The average molecular weight is 381 g/mol. The molecule has 1 aliphatic rings. The predicted molar refractivity (Wildman–Crippen MR) is 95.3 cm³/mol. The van der Waals surface area contributed by atoms with Crippen LogP contribution in [0.5, 0.6) is 11.5 Å². The van der Waals surface area contributed by atoms with Crippen LogP contribution in [-0.2, 0) is 4.74 Å². The van der Waals surface area contributed by atoms with Gasteiger partial charge in [0, 0.05) is 5.56 Å². The largest absolute Gasteiger partial charge is 0.485 e. The van der Waals surface area contributed by atoms with Crippen molar-refractivity contribution in [3.8, 4) is 11.5 Å². The van der Waals surface area contributed by atoms with E-state index in [-0.39, 0.29) is 18.5 Å². The Morgan fingerprint density at radius 2 is 1.75 bits per heavy atom. The predicted octanol–water partition coefficient (Wildman–Crippen LogP) is 2.62. The number of rotatable bonds is 4. The molecule has 0 saturated heterocycles. The monoisotopic (exact) mass is 381 g/mol. The van der Waals surface area contributed by atoms with Crippen LogP contribution >= 0.6 is 0 Å². The Kier molecular flexibility index (Phi) is 4.63. The van der Waals surface area contributed by atoms with E-state index >= 15 is 0 Å². The molecule has 4 rings (SSSR count). The van der Waals surface area contributed by atoms with Gasteiger partial charge in [-0.05, 0) is 36.4 Å². The number of hydrogen-bond acceptors (Lipinski definition) is 8. The van der Waals surface area contributed by atoms with Crippen LogP contribution in [0.4, 0.5) is 6.01 Å². The molecule has 1 amide bonds. The van der Waals surface area contributed by atoms with Gasteiger partial charge in [-0.1, -0.05) is 17.2 Å². The number of carbonyl (C=O) groups is 2. The zero-order valence-electron chi connectivity index (χ0n) is 14.7. The van der Waals surface area contributed by atoms with E-state index in [0.29, 0.717) is 22.6 Å². The number of nitrogens with zero attached hydrogens (tertiary/aromatic N) is 2. The minimum absolute atomic E-state index is 0.0699. The number of hydrogen-bond donors (Lipinski definition) is 1. The smallest absolute Gasteiger partial charge is 0.337 e. The van der Waals surface area contributed by atoms with Gasteiger partial charge in [-0.3, -0.25) is 10.1 Å². The number of carbonyl (C=O) groups excluding carboxylic acids is 2. The molecular weight excluding hydrogens is 366 g/mol. The highest BCUT2D eigenvalue weighted by Gasteiger charge is 2.27. The highest BCUT2D eigenvalue weighted by atomic mass is 16.6. The molecule has 0 bridgehead atoms. The van der Waals surface area contributed by atoms with E-state index < -0.39 is 18.0 Å². The summed E-state index contributed by atoms with van der Waals surface area (Å²) in [6.07, 6.45) is -0.576. The van der Waals surface area contributed by atoms with Crippen molar-refractivity contribution >= 4 is 17.9 Å². The summed E-state index contributed by atoms with van der Waals surface area (Å²) in [5.74, 6) is 0.462. The van der Waals surface area contributed by atoms with Crippen LogP contribution in [0.3, 0.4) is 0 Å². The molecule has 9 heteroatoms. The van der Waals surface area contributed by atoms with E-state index in [0.717, 1.165) is 0 Å². The Balaban J connectivity index is 1.42. The molecule has 0 spiro atoms. The first-order valence-electron chi connectivity index (χ1n) is 8.35. The minimum Gasteiger partial charge on any atom is -0.485 e. The molecule has 1 atom stereocenters. The van der Waals surface area contributed by atoms with Gasteiger partial charge >= 0.3 is 12.0 Å². The number of esters is 1. The summed E-state index contributed by atoms with van der Waals surface area (Å²) in [5.41, 5.74) is 0.660. The molecule has 0 fully saturated rings. The molecule has 0 aliphatic carbocycles. The Morgan fingerprint density at radius 3 is 2.50 bits per heavy atom. The fourth-order valence-corrected chi connectivity index (χ4v) is 2.60. The van der Waals surface area contributed by atoms with Crippen LogP contribution in [0.2, 0.25) is 0 Å². The quantitative estimate of drug-likeness (QED) is 0.686. The molecular formula is C19H15N3O6. The topological polar surface area (TPSA) is 113 Å². The van der Waals surface area contributed by atoms with Crippen LogP contribution in [0.15, 0.2) is 52.9 Å². The number of para-hydroxylation sites is 2. The molecule has 1 aliphatic heterocycles. The van der Waals surface area contributed by atoms with Gasteiger partial charge in [0.2, 0.25) is 6.10 Å². The molecule has 2 heterocycles. The van der Waals surface area contributed by atoms with Crippen LogP contribution in [0, 0.1) is 0 Å². The van der Waals surface area contributed by atoms with E-state index in [4.69, 9.17) is 13.9 Å². The van der Waals surface area contributed by atoms with Crippen molar-refractivity contribution < 1.29 is 28.2 Å². The molecule has 3 aromatic rings. The van der Waals surface area contributed by atoms with Gasteiger partial charge in [-0.15, -0.1) is 5.10 Å². The molecule has 1 N–H and O–H groups in total. The number of ether oxygens (including phenoxy) is 3. The van der Waals surface area contributed by atoms with Crippen LogP contribution < -0.4 is 14.8 Å². The maximum Gasteiger partial charge on any atom is 0.337 e. The summed E-state index contributed by atoms with van der Waals surface area (Å²) in [7, 11) is 1.29. The number of nitrogens with one attached hydrogen (secondary N) is 1. The van der Waals surface area contributed by atoms with Crippen molar-refractivity contribution in [1.29, 1.82) is 0 Å². The summed E-state index contributed by atoms with van der Waals surface area (Å²) in [4.78, 5) is 23.7. The molecule has 0 unspecified atom stereocenters. The van der Waals surface area contributed by atoms with Gasteiger partial charge in [0.05, 0.1) is 12.7 Å². The van der Waals surface area contributed by atoms with Crippen molar-refractivity contribution in [2.45, 2.75) is 6.10 Å². The first-order valence-corrected chi connectivity index (χ1v) is 8.35. The van der Waals surface area contributed by atoms with E-state index in [1.54, 1.807) is 12.1 Å². The zero-order chi connectivity index (χ0) is 19.5. The molecule has 0 radical (unpaired) electrons. The van der Waals surface area contributed by atoms with Crippen molar-refractivity contribution in [3.63, 3.8) is 0 Å². The average Bonchev–Trinajstić information content (AvgIpc) is 3.21. The van der Waals surface area contributed by atoms with Gasteiger partial charge in [0.25, 0.3) is 11.8 Å². The zero-order valence-corrected chi connectivity index (χ0v) is 14.7. The second kappa shape index (κ2) is 7.39. The second-order valence-electron chi connectivity index (χ2n) is 5.83. The Labute approximate surface area is 159 Å². The maximum atomic E-state index is 12.3. The Bertz CT molecular complexity index is 1010. The van der Waals surface area contributed by atoms with Gasteiger partial charge in [-0.25, -0.2) is 4.79 Å². The summed E-state index contributed by atoms with van der Waals surface area (Å²) >= 11 is 0. The number of aromatic nitrogens is 2. The van der Waals surface area contributed by atoms with E-state index in [1.807, 2.05) is 12.1 Å². The third kappa shape index (κ3) is 3.50. The van der Waals surface area contributed by atoms with Crippen LogP contribution in [0.25, 0.3) is 0 Å². The van der Waals surface area contributed by atoms with Crippen LogP contribution in [0.1, 0.15) is 32.7 Å². The lowest BCUT2D eigenvalue weighted by molar-refractivity contribution is 0.0600. The van der Waals surface area contributed by atoms with E-state index in [2.05, 4.69) is 20.3 Å². The van der Waals surface area contributed by atoms with Gasteiger partial charge in [0.15, 0.2) is 11.5 Å². The summed E-state index contributed by atoms with van der Waals surface area (Å²) in [6.45, 7) is 0.210. The summed E-state index contributed by atoms with van der Waals surface area (Å²) < 4.78 is 21.5. The van der Waals surface area contributed by atoms with Gasteiger partial charge in [0.1, 0.15) is 6.61 Å². The normalized spacial score (nSPS) is 15.0. The van der Waals surface area contributed by atoms with E-state index in [1.165, 1.54) is 31.4 Å². The number of methoxy groups -OCH3 is 1. The molecule has 2 aromatic carbocycles. The van der Waals surface area contributed by atoms with Crippen molar-refractivity contribution in [1.82, 2.24) is 10.2 Å². The summed E-state index contributed by atoms with van der Waals surface area (Å²) in [5, 5.41) is 10.2. The number of amides is 1. The Hall–Kier alpha value is -3.88. The maximum absolute atomic E-state index is 12.3. The summed E-state index contributed by atoms with van der Waals surface area (Å²) in [6, 6.07) is 13.2. The van der Waals surface area contributed by atoms with Crippen molar-refractivity contribution in [2.75, 3.05) is 19.0 Å². The molecule has 1 aromatic heterocycles. The minimum atomic E-state index is -0.576. The molecule has 142 valence electrons. The van der Waals surface area contributed by atoms with Gasteiger partial charge < -0.3 is 18.6 Å².